The molecule has 1 heterocycles. The number of rotatable bonds is 7. The van der Waals surface area contributed by atoms with E-state index in [0.717, 1.165) is 25.7 Å². The largest absolute Gasteiger partial charge is 0.478 e. The molecule has 0 radical (unpaired) electrons. The summed E-state index contributed by atoms with van der Waals surface area (Å²) in [6.45, 7) is 4.04. The zero-order valence-electron chi connectivity index (χ0n) is 11.6. The summed E-state index contributed by atoms with van der Waals surface area (Å²) < 4.78 is 1.29. The molecule has 1 amide bonds. The van der Waals surface area contributed by atoms with Crippen LogP contribution in [0.5, 0.6) is 0 Å². The van der Waals surface area contributed by atoms with Gasteiger partial charge in [0.2, 0.25) is 0 Å². The Morgan fingerprint density at radius 3 is 2.74 bits per heavy atom. The highest BCUT2D eigenvalue weighted by Crippen LogP contribution is 2.09. The van der Waals surface area contributed by atoms with Gasteiger partial charge in [-0.15, -0.1) is 0 Å². The van der Waals surface area contributed by atoms with Crippen LogP contribution in [0.4, 0.5) is 0 Å². The summed E-state index contributed by atoms with van der Waals surface area (Å²) in [6.07, 6.45) is 5.39. The molecule has 0 unspecified atom stereocenters. The summed E-state index contributed by atoms with van der Waals surface area (Å²) in [4.78, 5) is 23.1. The van der Waals surface area contributed by atoms with Crippen molar-refractivity contribution in [1.29, 1.82) is 0 Å². The molecule has 0 aromatic carbocycles. The van der Waals surface area contributed by atoms with Gasteiger partial charge in [-0.3, -0.25) is 9.48 Å². The number of carbonyl (C=O) groups is 2. The van der Waals surface area contributed by atoms with E-state index in [1.807, 2.05) is 6.92 Å². The van der Waals surface area contributed by atoms with Gasteiger partial charge in [-0.2, -0.15) is 5.10 Å². The van der Waals surface area contributed by atoms with Gasteiger partial charge in [0, 0.05) is 13.1 Å². The summed E-state index contributed by atoms with van der Waals surface area (Å²) in [5.74, 6) is -1.53. The van der Waals surface area contributed by atoms with Gasteiger partial charge in [-0.05, 0) is 13.3 Å². The van der Waals surface area contributed by atoms with Crippen LogP contribution in [-0.2, 0) is 7.05 Å². The quantitative estimate of drug-likeness (QED) is 0.738. The molecule has 0 saturated heterocycles. The number of aryl methyl sites for hydroxylation is 1. The number of carbonyl (C=O) groups excluding carboxylic acids is 1. The minimum absolute atomic E-state index is 0.0237. The molecule has 19 heavy (non-hydrogen) atoms. The van der Waals surface area contributed by atoms with E-state index in [0.29, 0.717) is 0 Å². The number of unbranched alkanes of at least 4 members (excludes halogenated alkanes) is 2. The lowest BCUT2D eigenvalue weighted by atomic mass is 10.1. The molecule has 2 N–H and O–H groups in total. The van der Waals surface area contributed by atoms with Crippen LogP contribution in [0, 0.1) is 0 Å². The Kier molecular flexibility index (Phi) is 5.54. The number of aromatic carboxylic acids is 1. The van der Waals surface area contributed by atoms with Crippen molar-refractivity contribution in [2.45, 2.75) is 45.6 Å². The number of amides is 1. The number of carboxylic acid groups (broad SMARTS) is 1. The lowest BCUT2D eigenvalue weighted by Gasteiger charge is -2.14. The van der Waals surface area contributed by atoms with Gasteiger partial charge >= 0.3 is 5.97 Å². The molecule has 6 heteroatoms. The summed E-state index contributed by atoms with van der Waals surface area (Å²) in [6, 6.07) is 0.0237. The standard InChI is InChI=1S/C13H21N3O3/c1-4-5-6-7-9(2)15-12(17)11-10(13(18)19)8-14-16(11)3/h8-9H,4-7H2,1-3H3,(H,15,17)(H,18,19)/t9-/m0/s1. The maximum atomic E-state index is 12.1. The monoisotopic (exact) mass is 267 g/mol. The van der Waals surface area contributed by atoms with Crippen LogP contribution in [0.1, 0.15) is 60.4 Å². The smallest absolute Gasteiger partial charge is 0.339 e. The van der Waals surface area contributed by atoms with E-state index < -0.39 is 5.97 Å². The summed E-state index contributed by atoms with van der Waals surface area (Å²) in [5.41, 5.74) is 0.0237. The highest BCUT2D eigenvalue weighted by atomic mass is 16.4. The SMILES string of the molecule is CCCCC[C@H](C)NC(=O)c1c(C(=O)O)cnn1C. The van der Waals surface area contributed by atoms with Gasteiger partial charge in [-0.1, -0.05) is 26.2 Å². The van der Waals surface area contributed by atoms with Crippen molar-refractivity contribution in [1.82, 2.24) is 15.1 Å². The number of carboxylic acids is 1. The molecule has 6 nitrogen and oxygen atoms in total. The average Bonchev–Trinajstić information content (AvgIpc) is 2.71. The first kappa shape index (κ1) is 15.2. The van der Waals surface area contributed by atoms with Crippen molar-refractivity contribution in [3.8, 4) is 0 Å². The fourth-order valence-electron chi connectivity index (χ4n) is 1.93. The predicted molar refractivity (Wildman–Crippen MR) is 71.2 cm³/mol. The second-order valence-electron chi connectivity index (χ2n) is 4.71. The van der Waals surface area contributed by atoms with Crippen molar-refractivity contribution in [3.63, 3.8) is 0 Å². The highest BCUT2D eigenvalue weighted by Gasteiger charge is 2.22. The molecule has 1 aromatic heterocycles. The molecule has 1 atom stereocenters. The number of nitrogens with one attached hydrogen (secondary N) is 1. The lowest BCUT2D eigenvalue weighted by molar-refractivity contribution is 0.0690. The zero-order chi connectivity index (χ0) is 14.4. The molecule has 0 saturated carbocycles. The van der Waals surface area contributed by atoms with Crippen LogP contribution in [0.2, 0.25) is 0 Å². The van der Waals surface area contributed by atoms with Gasteiger partial charge in [-0.25, -0.2) is 4.79 Å². The molecule has 0 aliphatic heterocycles. The Bertz CT molecular complexity index is 454. The maximum absolute atomic E-state index is 12.1. The van der Waals surface area contributed by atoms with E-state index in [9.17, 15) is 9.59 Å². The Hall–Kier alpha value is -1.85. The van der Waals surface area contributed by atoms with E-state index in [4.69, 9.17) is 5.11 Å². The van der Waals surface area contributed by atoms with Crippen molar-refractivity contribution in [2.75, 3.05) is 0 Å². The van der Waals surface area contributed by atoms with E-state index in [1.54, 1.807) is 7.05 Å². The molecular formula is C13H21N3O3. The van der Waals surface area contributed by atoms with E-state index >= 15 is 0 Å². The first-order valence-electron chi connectivity index (χ1n) is 6.53. The Morgan fingerprint density at radius 2 is 2.16 bits per heavy atom. The maximum Gasteiger partial charge on any atom is 0.339 e. The van der Waals surface area contributed by atoms with E-state index in [1.165, 1.54) is 10.9 Å². The average molecular weight is 267 g/mol. The van der Waals surface area contributed by atoms with E-state index in [2.05, 4.69) is 17.3 Å². The second kappa shape index (κ2) is 6.92. The zero-order valence-corrected chi connectivity index (χ0v) is 11.6. The molecule has 0 bridgehead atoms. The topological polar surface area (TPSA) is 84.2 Å². The first-order valence-corrected chi connectivity index (χ1v) is 6.53. The van der Waals surface area contributed by atoms with Crippen molar-refractivity contribution < 1.29 is 14.7 Å². The van der Waals surface area contributed by atoms with E-state index in [-0.39, 0.29) is 23.2 Å². The summed E-state index contributed by atoms with van der Waals surface area (Å²) in [7, 11) is 1.56. The number of nitrogens with zero attached hydrogens (tertiary/aromatic N) is 2. The lowest BCUT2D eigenvalue weighted by Crippen LogP contribution is -2.34. The molecule has 0 aliphatic carbocycles. The van der Waals surface area contributed by atoms with Crippen LogP contribution in [0.15, 0.2) is 6.20 Å². The van der Waals surface area contributed by atoms with Crippen LogP contribution in [0.3, 0.4) is 0 Å². The minimum atomic E-state index is -1.14. The predicted octanol–water partition coefficient (Wildman–Crippen LogP) is 1.82. The Balaban J connectivity index is 2.68. The number of aromatic nitrogens is 2. The third kappa shape index (κ3) is 4.08. The van der Waals surface area contributed by atoms with Gasteiger partial charge < -0.3 is 10.4 Å². The van der Waals surface area contributed by atoms with Gasteiger partial charge in [0.25, 0.3) is 5.91 Å². The molecule has 0 aliphatic rings. The van der Waals surface area contributed by atoms with Crippen LogP contribution >= 0.6 is 0 Å². The molecule has 1 aromatic rings. The van der Waals surface area contributed by atoms with Crippen LogP contribution in [-0.4, -0.2) is 32.8 Å². The molecular weight excluding hydrogens is 246 g/mol. The van der Waals surface area contributed by atoms with Crippen LogP contribution in [0.25, 0.3) is 0 Å². The van der Waals surface area contributed by atoms with Gasteiger partial charge in [0.1, 0.15) is 11.3 Å². The van der Waals surface area contributed by atoms with Crippen molar-refractivity contribution >= 4 is 11.9 Å². The Labute approximate surface area is 112 Å². The third-order valence-electron chi connectivity index (χ3n) is 3.00. The van der Waals surface area contributed by atoms with Gasteiger partial charge in [0.05, 0.1) is 6.20 Å². The summed E-state index contributed by atoms with van der Waals surface area (Å²) >= 11 is 0. The number of hydrogen-bond acceptors (Lipinski definition) is 3. The van der Waals surface area contributed by atoms with Gasteiger partial charge in [0.15, 0.2) is 0 Å². The fourth-order valence-corrected chi connectivity index (χ4v) is 1.93. The minimum Gasteiger partial charge on any atom is -0.478 e. The fraction of sp³-hybridized carbons (Fsp3) is 0.615. The first-order chi connectivity index (χ1) is 8.97. The molecule has 0 spiro atoms. The van der Waals surface area contributed by atoms with Crippen molar-refractivity contribution in [2.24, 2.45) is 7.05 Å². The summed E-state index contributed by atoms with van der Waals surface area (Å²) in [5, 5.41) is 15.6. The highest BCUT2D eigenvalue weighted by molar-refractivity contribution is 6.03. The Morgan fingerprint density at radius 1 is 1.47 bits per heavy atom. The molecule has 106 valence electrons. The normalized spacial score (nSPS) is 12.2. The third-order valence-corrected chi connectivity index (χ3v) is 3.00. The number of hydrogen-bond donors (Lipinski definition) is 2. The molecule has 0 fully saturated rings. The van der Waals surface area contributed by atoms with Crippen LogP contribution < -0.4 is 5.32 Å². The van der Waals surface area contributed by atoms with Crippen molar-refractivity contribution in [3.05, 3.63) is 17.5 Å². The molecule has 1 rings (SSSR count). The second-order valence-corrected chi connectivity index (χ2v) is 4.71.